The van der Waals surface area contributed by atoms with Gasteiger partial charge in [0.1, 0.15) is 30.5 Å². The van der Waals surface area contributed by atoms with Gasteiger partial charge < -0.3 is 29.7 Å². The summed E-state index contributed by atoms with van der Waals surface area (Å²) in [6, 6.07) is 25.4. The summed E-state index contributed by atoms with van der Waals surface area (Å²) < 4.78 is 16.4. The number of hydrogen-bond donors (Lipinski definition) is 3. The molecule has 4 aromatic rings. The fraction of sp³-hybridized carbons (Fsp3) is 0.125. The third-order valence-corrected chi connectivity index (χ3v) is 6.09. The third kappa shape index (κ3) is 7.95. The van der Waals surface area contributed by atoms with Crippen molar-refractivity contribution < 1.29 is 43.6 Å². The Morgan fingerprint density at radius 3 is 1.74 bits per heavy atom. The van der Waals surface area contributed by atoms with Gasteiger partial charge in [-0.15, -0.1) is 0 Å². The molecule has 4 aromatic carbocycles. The highest BCUT2D eigenvalue weighted by atomic mass is 16.5. The normalized spacial score (nSPS) is 11.2. The van der Waals surface area contributed by atoms with Gasteiger partial charge in [0.25, 0.3) is 5.91 Å². The molecule has 0 aromatic heterocycles. The second kappa shape index (κ2) is 13.6. The topological polar surface area (TPSA) is 148 Å². The summed E-state index contributed by atoms with van der Waals surface area (Å²) in [7, 11) is 0. The van der Waals surface area contributed by atoms with E-state index in [1.165, 1.54) is 24.3 Å². The number of ether oxygens (including phenoxy) is 3. The van der Waals surface area contributed by atoms with Crippen LogP contribution in [0.5, 0.6) is 17.2 Å². The predicted molar refractivity (Wildman–Crippen MR) is 152 cm³/mol. The number of carboxylic acid groups (broad SMARTS) is 2. The Balaban J connectivity index is 1.25. The molecule has 0 aliphatic rings. The zero-order chi connectivity index (χ0) is 30.1. The molecule has 0 saturated carbocycles. The van der Waals surface area contributed by atoms with Crippen molar-refractivity contribution in [1.29, 1.82) is 0 Å². The van der Waals surface area contributed by atoms with E-state index in [1.807, 2.05) is 37.3 Å². The van der Waals surface area contributed by atoms with Crippen molar-refractivity contribution in [2.45, 2.75) is 13.0 Å². The van der Waals surface area contributed by atoms with Gasteiger partial charge in [0.05, 0.1) is 22.7 Å². The van der Waals surface area contributed by atoms with Crippen LogP contribution in [0.4, 0.5) is 0 Å². The standard InChI is InChI=1S/C32H27NO9/c1-20(21-5-3-2-4-6-21)33-29(34)22-7-13-27(14-8-22)42-32(39)23-9-11-26(12-10-23)40-15-16-41-28-18-24(30(35)36)17-25(19-28)31(37)38/h2-14,17-20H,15-16H2,1H3,(H,33,34)(H,35,36)(H,37,38)/t20-/m0/s1. The van der Waals surface area contributed by atoms with Crippen molar-refractivity contribution in [2.24, 2.45) is 0 Å². The first-order valence-electron chi connectivity index (χ1n) is 12.8. The fourth-order valence-electron chi connectivity index (χ4n) is 3.88. The van der Waals surface area contributed by atoms with Crippen molar-refractivity contribution in [2.75, 3.05) is 13.2 Å². The van der Waals surface area contributed by atoms with Crippen molar-refractivity contribution >= 4 is 23.8 Å². The maximum atomic E-state index is 12.6. The minimum atomic E-state index is -1.27. The van der Waals surface area contributed by atoms with Gasteiger partial charge >= 0.3 is 17.9 Å². The van der Waals surface area contributed by atoms with E-state index in [9.17, 15) is 19.2 Å². The van der Waals surface area contributed by atoms with Crippen LogP contribution in [0.15, 0.2) is 97.1 Å². The molecule has 3 N–H and O–H groups in total. The molecule has 10 nitrogen and oxygen atoms in total. The molecule has 1 amide bonds. The first-order valence-corrected chi connectivity index (χ1v) is 12.8. The Bertz CT molecular complexity index is 1530. The van der Waals surface area contributed by atoms with Crippen molar-refractivity contribution in [1.82, 2.24) is 5.32 Å². The van der Waals surface area contributed by atoms with E-state index in [4.69, 9.17) is 24.4 Å². The summed E-state index contributed by atoms with van der Waals surface area (Å²) in [4.78, 5) is 47.6. The van der Waals surface area contributed by atoms with Crippen LogP contribution in [0.3, 0.4) is 0 Å². The van der Waals surface area contributed by atoms with Gasteiger partial charge in [0, 0.05) is 5.56 Å². The molecular formula is C32H27NO9. The van der Waals surface area contributed by atoms with Crippen molar-refractivity contribution in [3.8, 4) is 17.2 Å². The average Bonchev–Trinajstić information content (AvgIpc) is 3.00. The summed E-state index contributed by atoms with van der Waals surface area (Å²) in [6.07, 6.45) is 0. The molecule has 0 saturated heterocycles. The zero-order valence-electron chi connectivity index (χ0n) is 22.5. The predicted octanol–water partition coefficient (Wildman–Crippen LogP) is 5.25. The summed E-state index contributed by atoms with van der Waals surface area (Å²) >= 11 is 0. The molecule has 0 spiro atoms. The molecule has 0 aliphatic carbocycles. The smallest absolute Gasteiger partial charge is 0.343 e. The lowest BCUT2D eigenvalue weighted by atomic mass is 10.1. The average molecular weight is 570 g/mol. The quantitative estimate of drug-likeness (QED) is 0.118. The Morgan fingerprint density at radius 1 is 0.643 bits per heavy atom. The lowest BCUT2D eigenvalue weighted by Gasteiger charge is -2.14. The summed E-state index contributed by atoms with van der Waals surface area (Å²) in [6.45, 7) is 1.99. The van der Waals surface area contributed by atoms with Crippen LogP contribution in [0.25, 0.3) is 0 Å². The minimum absolute atomic E-state index is 0.0190. The number of benzene rings is 4. The number of hydrogen-bond acceptors (Lipinski definition) is 7. The van der Waals surface area contributed by atoms with Gasteiger partial charge in [-0.3, -0.25) is 4.79 Å². The Morgan fingerprint density at radius 2 is 1.17 bits per heavy atom. The lowest BCUT2D eigenvalue weighted by Crippen LogP contribution is -2.26. The highest BCUT2D eigenvalue weighted by Crippen LogP contribution is 2.20. The van der Waals surface area contributed by atoms with Gasteiger partial charge in [0.2, 0.25) is 0 Å². The van der Waals surface area contributed by atoms with E-state index in [0.717, 1.165) is 11.6 Å². The second-order valence-corrected chi connectivity index (χ2v) is 9.10. The fourth-order valence-corrected chi connectivity index (χ4v) is 3.88. The molecule has 1 atom stereocenters. The van der Waals surface area contributed by atoms with E-state index in [1.54, 1.807) is 36.4 Å². The number of rotatable bonds is 12. The molecule has 4 rings (SSSR count). The van der Waals surface area contributed by atoms with E-state index < -0.39 is 17.9 Å². The molecule has 0 fully saturated rings. The zero-order valence-corrected chi connectivity index (χ0v) is 22.5. The highest BCUT2D eigenvalue weighted by molar-refractivity contribution is 5.95. The number of esters is 1. The molecular weight excluding hydrogens is 542 g/mol. The molecule has 0 radical (unpaired) electrons. The number of nitrogens with one attached hydrogen (secondary N) is 1. The Labute approximate surface area is 241 Å². The first-order chi connectivity index (χ1) is 20.2. The largest absolute Gasteiger partial charge is 0.490 e. The monoisotopic (exact) mass is 569 g/mol. The number of aromatic carboxylic acids is 2. The van der Waals surface area contributed by atoms with Crippen LogP contribution in [0.2, 0.25) is 0 Å². The second-order valence-electron chi connectivity index (χ2n) is 9.10. The summed E-state index contributed by atoms with van der Waals surface area (Å²) in [5.41, 5.74) is 1.29. The van der Waals surface area contributed by atoms with Crippen LogP contribution < -0.4 is 19.5 Å². The van der Waals surface area contributed by atoms with Crippen LogP contribution in [0, 0.1) is 0 Å². The molecule has 0 heterocycles. The first kappa shape index (κ1) is 29.3. The number of carbonyl (C=O) groups excluding carboxylic acids is 2. The molecule has 10 heteroatoms. The highest BCUT2D eigenvalue weighted by Gasteiger charge is 2.14. The molecule has 42 heavy (non-hydrogen) atoms. The van der Waals surface area contributed by atoms with Crippen LogP contribution in [-0.4, -0.2) is 47.2 Å². The van der Waals surface area contributed by atoms with Crippen molar-refractivity contribution in [3.05, 3.63) is 125 Å². The number of amides is 1. The van der Waals surface area contributed by atoms with E-state index in [2.05, 4.69) is 5.32 Å². The number of carboxylic acids is 2. The third-order valence-electron chi connectivity index (χ3n) is 6.09. The molecule has 0 unspecified atom stereocenters. The van der Waals surface area contributed by atoms with Crippen molar-refractivity contribution in [3.63, 3.8) is 0 Å². The lowest BCUT2D eigenvalue weighted by molar-refractivity contribution is 0.0691. The summed E-state index contributed by atoms with van der Waals surface area (Å²) in [5, 5.41) is 21.2. The van der Waals surface area contributed by atoms with Gasteiger partial charge in [-0.05, 0) is 79.2 Å². The van der Waals surface area contributed by atoms with Crippen LogP contribution in [0.1, 0.15) is 60.0 Å². The van der Waals surface area contributed by atoms with E-state index in [0.29, 0.717) is 11.3 Å². The molecule has 214 valence electrons. The van der Waals surface area contributed by atoms with Crippen LogP contribution in [-0.2, 0) is 0 Å². The maximum absolute atomic E-state index is 12.6. The summed E-state index contributed by atoms with van der Waals surface area (Å²) in [5.74, 6) is -2.57. The van der Waals surface area contributed by atoms with Crippen LogP contribution >= 0.6 is 0 Å². The molecule has 0 bridgehead atoms. The van der Waals surface area contributed by atoms with E-state index >= 15 is 0 Å². The van der Waals surface area contributed by atoms with E-state index in [-0.39, 0.29) is 53.4 Å². The van der Waals surface area contributed by atoms with Gasteiger partial charge in [-0.25, -0.2) is 14.4 Å². The Hall–Kier alpha value is -5.64. The SMILES string of the molecule is C[C@H](NC(=O)c1ccc(OC(=O)c2ccc(OCCOc3cc(C(=O)O)cc(C(=O)O)c3)cc2)cc1)c1ccccc1. The van der Waals surface area contributed by atoms with Gasteiger partial charge in [-0.1, -0.05) is 30.3 Å². The minimum Gasteiger partial charge on any atom is -0.490 e. The van der Waals surface area contributed by atoms with Gasteiger partial charge in [0.15, 0.2) is 0 Å². The maximum Gasteiger partial charge on any atom is 0.343 e. The Kier molecular flexibility index (Phi) is 9.52. The van der Waals surface area contributed by atoms with Gasteiger partial charge in [-0.2, -0.15) is 0 Å². The molecule has 0 aliphatic heterocycles. The number of carbonyl (C=O) groups is 4.